The largest absolute Gasteiger partial charge is 0.508 e. The van der Waals surface area contributed by atoms with Crippen LogP contribution in [0.1, 0.15) is 70.1 Å². The molecule has 4 rings (SSSR count). The molecule has 1 saturated carbocycles. The van der Waals surface area contributed by atoms with E-state index in [2.05, 4.69) is 5.32 Å². The van der Waals surface area contributed by atoms with Crippen LogP contribution >= 0.6 is 0 Å². The van der Waals surface area contributed by atoms with Crippen molar-refractivity contribution in [3.8, 4) is 5.75 Å². The summed E-state index contributed by atoms with van der Waals surface area (Å²) in [5.41, 5.74) is 1.78. The Morgan fingerprint density at radius 1 is 1.16 bits per heavy atom. The molecule has 7 N–H and O–H groups in total. The second-order valence-corrected chi connectivity index (χ2v) is 11.4. The van der Waals surface area contributed by atoms with E-state index >= 15 is 0 Å². The number of Topliss-reactive ketones (excluding diaryl/α,β-unsaturated/α-hetero) is 2. The van der Waals surface area contributed by atoms with E-state index in [1.165, 1.54) is 0 Å². The second-order valence-electron chi connectivity index (χ2n) is 11.4. The van der Waals surface area contributed by atoms with Crippen LogP contribution in [0, 0.1) is 11.8 Å². The number of nitrogens with one attached hydrogen (secondary N) is 1. The molecule has 0 aliphatic heterocycles. The Morgan fingerprint density at radius 2 is 1.79 bits per heavy atom. The van der Waals surface area contributed by atoms with Gasteiger partial charge in [-0.15, -0.1) is 0 Å². The van der Waals surface area contributed by atoms with Crippen LogP contribution < -0.4 is 11.1 Å². The minimum absolute atomic E-state index is 0.0408. The van der Waals surface area contributed by atoms with Crippen molar-refractivity contribution in [2.24, 2.45) is 17.6 Å². The molecular formula is C27H32N2O9. The number of hydrogen-bond acceptors (Lipinski definition) is 9. The van der Waals surface area contributed by atoms with Crippen molar-refractivity contribution in [1.82, 2.24) is 0 Å². The highest BCUT2D eigenvalue weighted by atomic mass is 16.6. The molecule has 0 bridgehead atoms. The highest BCUT2D eigenvalue weighted by molar-refractivity contribution is 6.22. The van der Waals surface area contributed by atoms with Gasteiger partial charge in [-0.1, -0.05) is 13.8 Å². The number of aromatic hydroxyl groups is 1. The quantitative estimate of drug-likeness (QED) is 0.252. The molecule has 3 aliphatic rings. The number of carbonyl (C=O) groups excluding carboxylic acids is 4. The summed E-state index contributed by atoms with van der Waals surface area (Å²) in [6.45, 7) is 8.80. The number of primary amides is 1. The van der Waals surface area contributed by atoms with E-state index < -0.39 is 69.4 Å². The van der Waals surface area contributed by atoms with Crippen LogP contribution in [0.3, 0.4) is 0 Å². The molecule has 0 aromatic heterocycles. The molecule has 2 amide bonds. The van der Waals surface area contributed by atoms with Gasteiger partial charge in [0.05, 0.1) is 11.3 Å². The number of phenolic OH excluding ortho intramolecular Hbond substituents is 1. The Morgan fingerprint density at radius 3 is 2.34 bits per heavy atom. The van der Waals surface area contributed by atoms with Gasteiger partial charge in [-0.05, 0) is 62.6 Å². The maximum Gasteiger partial charge on any atom is 0.412 e. The number of nitrogens with two attached hydrogens (primary N) is 1. The van der Waals surface area contributed by atoms with Gasteiger partial charge in [0, 0.05) is 17.9 Å². The predicted molar refractivity (Wildman–Crippen MR) is 135 cm³/mol. The summed E-state index contributed by atoms with van der Waals surface area (Å²) in [5.74, 6) is -7.19. The fraction of sp³-hybridized carbons (Fsp3) is 0.481. The smallest absolute Gasteiger partial charge is 0.412 e. The summed E-state index contributed by atoms with van der Waals surface area (Å²) in [6, 6.07) is 1.58. The Kier molecular flexibility index (Phi) is 6.34. The molecule has 0 heterocycles. The molecule has 0 saturated heterocycles. The highest BCUT2D eigenvalue weighted by Crippen LogP contribution is 2.53. The molecule has 0 radical (unpaired) electrons. The molecule has 38 heavy (non-hydrogen) atoms. The topological polar surface area (TPSA) is 196 Å². The molecule has 11 heteroatoms. The Balaban J connectivity index is 1.89. The summed E-state index contributed by atoms with van der Waals surface area (Å²) in [7, 11) is 0. The first-order chi connectivity index (χ1) is 17.5. The third-order valence-electron chi connectivity index (χ3n) is 7.36. The minimum Gasteiger partial charge on any atom is -0.508 e. The normalized spacial score (nSPS) is 25.1. The second kappa shape index (κ2) is 8.87. The van der Waals surface area contributed by atoms with E-state index in [1.54, 1.807) is 26.8 Å². The van der Waals surface area contributed by atoms with Crippen LogP contribution in [0.4, 0.5) is 10.5 Å². The predicted octanol–water partition coefficient (Wildman–Crippen LogP) is 2.89. The number of phenols is 1. The minimum atomic E-state index is -2.64. The molecule has 0 spiro atoms. The van der Waals surface area contributed by atoms with E-state index in [0.29, 0.717) is 11.1 Å². The van der Waals surface area contributed by atoms with Gasteiger partial charge in [0.25, 0.3) is 5.91 Å². The number of ether oxygens (including phenoxy) is 1. The zero-order chi connectivity index (χ0) is 28.5. The lowest BCUT2D eigenvalue weighted by atomic mass is 9.59. The van der Waals surface area contributed by atoms with Gasteiger partial charge in [0.15, 0.2) is 11.4 Å². The summed E-state index contributed by atoms with van der Waals surface area (Å²) in [5, 5.41) is 47.0. The average Bonchev–Trinajstić information content (AvgIpc) is 2.76. The number of aliphatic hydroxyl groups excluding tert-OH is 2. The summed E-state index contributed by atoms with van der Waals surface area (Å²) in [4.78, 5) is 50.4. The highest BCUT2D eigenvalue weighted by Gasteiger charge is 2.60. The van der Waals surface area contributed by atoms with Crippen molar-refractivity contribution in [1.29, 1.82) is 0 Å². The molecule has 3 atom stereocenters. The molecule has 0 unspecified atom stereocenters. The van der Waals surface area contributed by atoms with E-state index in [0.717, 1.165) is 0 Å². The number of amides is 2. The third kappa shape index (κ3) is 4.10. The maximum absolute atomic E-state index is 13.7. The lowest BCUT2D eigenvalue weighted by molar-refractivity contribution is -0.147. The Hall–Kier alpha value is -3.86. The first-order valence-electron chi connectivity index (χ1n) is 12.3. The molecule has 204 valence electrons. The summed E-state index contributed by atoms with van der Waals surface area (Å²) >= 11 is 0. The molecule has 1 aromatic carbocycles. The number of rotatable bonds is 3. The fourth-order valence-electron chi connectivity index (χ4n) is 5.74. The van der Waals surface area contributed by atoms with Gasteiger partial charge in [0.2, 0.25) is 5.78 Å². The van der Waals surface area contributed by atoms with Crippen LogP contribution in [0.25, 0.3) is 5.76 Å². The van der Waals surface area contributed by atoms with Crippen LogP contribution in [0.5, 0.6) is 5.75 Å². The Bertz CT molecular complexity index is 1350. The van der Waals surface area contributed by atoms with Gasteiger partial charge in [-0.2, -0.15) is 0 Å². The summed E-state index contributed by atoms with van der Waals surface area (Å²) < 4.78 is 5.27. The third-order valence-corrected chi connectivity index (χ3v) is 7.36. The number of fused-ring (bicyclic) bond motifs is 3. The molecule has 3 aliphatic carbocycles. The van der Waals surface area contributed by atoms with Gasteiger partial charge < -0.3 is 30.9 Å². The fourth-order valence-corrected chi connectivity index (χ4v) is 5.74. The van der Waals surface area contributed by atoms with Crippen molar-refractivity contribution >= 4 is 35.0 Å². The number of aliphatic hydroxyl groups is 3. The van der Waals surface area contributed by atoms with Gasteiger partial charge in [0.1, 0.15) is 28.4 Å². The first kappa shape index (κ1) is 27.2. The zero-order valence-corrected chi connectivity index (χ0v) is 21.8. The van der Waals surface area contributed by atoms with E-state index in [1.807, 2.05) is 13.8 Å². The van der Waals surface area contributed by atoms with Crippen LogP contribution in [-0.4, -0.2) is 55.2 Å². The van der Waals surface area contributed by atoms with Crippen molar-refractivity contribution in [3.63, 3.8) is 0 Å². The van der Waals surface area contributed by atoms with Crippen molar-refractivity contribution < 1.29 is 44.3 Å². The van der Waals surface area contributed by atoms with E-state index in [4.69, 9.17) is 10.5 Å². The monoisotopic (exact) mass is 528 g/mol. The number of anilines is 1. The van der Waals surface area contributed by atoms with E-state index in [9.17, 15) is 39.6 Å². The summed E-state index contributed by atoms with van der Waals surface area (Å²) in [6.07, 6.45) is -1.00. The van der Waals surface area contributed by atoms with E-state index in [-0.39, 0.29) is 42.0 Å². The number of carbonyl (C=O) groups is 4. The van der Waals surface area contributed by atoms with Crippen LogP contribution in [0.2, 0.25) is 0 Å². The van der Waals surface area contributed by atoms with Gasteiger partial charge in [-0.25, -0.2) is 4.79 Å². The van der Waals surface area contributed by atoms with Crippen molar-refractivity contribution in [2.45, 2.75) is 71.0 Å². The molecule has 1 aromatic rings. The van der Waals surface area contributed by atoms with Crippen molar-refractivity contribution in [2.75, 3.05) is 5.32 Å². The maximum atomic E-state index is 13.7. The van der Waals surface area contributed by atoms with Gasteiger partial charge in [-0.3, -0.25) is 19.7 Å². The van der Waals surface area contributed by atoms with Crippen LogP contribution in [0.15, 0.2) is 23.0 Å². The molecule has 11 nitrogen and oxygen atoms in total. The van der Waals surface area contributed by atoms with Crippen LogP contribution in [-0.2, 0) is 25.5 Å². The lowest BCUT2D eigenvalue weighted by Crippen LogP contribution is -2.58. The Labute approximate surface area is 219 Å². The SMILES string of the molecule is CC(C)c1cc(NC(=O)OC(C)(C)C)c(O)c2c1C[C@H]1C[C@H]3CC(=O)C(C(N)=O)=C(O)[C@@]3(O)C(=O)C1=C2O. The molecule has 1 fully saturated rings. The number of ketones is 2. The number of hydrogen-bond donors (Lipinski definition) is 6. The lowest BCUT2D eigenvalue weighted by Gasteiger charge is -2.46. The zero-order valence-electron chi connectivity index (χ0n) is 21.8. The first-order valence-corrected chi connectivity index (χ1v) is 12.3. The number of benzene rings is 1. The van der Waals surface area contributed by atoms with Crippen molar-refractivity contribution in [3.05, 3.63) is 39.7 Å². The molecular weight excluding hydrogens is 496 g/mol. The standard InChI is InChI=1S/C27H32N2O9/c1-10(2)13-9-15(29-25(36)38-26(3,4)5)20(31)18-14(13)7-11-6-12-8-16(30)19(24(28)35)23(34)27(12,37)22(33)17(11)21(18)32/h9-12,31-32,34,37H,6-8H2,1-5H3,(H2,28,35)(H,29,36)/t11-,12+,27+/m1/s1. The average molecular weight is 529 g/mol. The van der Waals surface area contributed by atoms with Gasteiger partial charge >= 0.3 is 6.09 Å².